The molecule has 0 atom stereocenters. The summed E-state index contributed by atoms with van der Waals surface area (Å²) in [5.41, 5.74) is 1.03. The smallest absolute Gasteiger partial charge is 0.221 e. The van der Waals surface area contributed by atoms with Crippen LogP contribution in [0.25, 0.3) is 0 Å². The van der Waals surface area contributed by atoms with Gasteiger partial charge in [0.05, 0.1) is 12.3 Å². The maximum Gasteiger partial charge on any atom is 0.221 e. The van der Waals surface area contributed by atoms with Crippen LogP contribution in [0, 0.1) is 0 Å². The Hall–Kier alpha value is -3.02. The molecule has 0 aliphatic heterocycles. The van der Waals surface area contributed by atoms with E-state index in [2.05, 4.69) is 5.32 Å². The first-order valence-corrected chi connectivity index (χ1v) is 8.40. The molecule has 1 N–H and O–H groups in total. The maximum atomic E-state index is 11.5. The van der Waals surface area contributed by atoms with Gasteiger partial charge in [0.15, 0.2) is 5.78 Å². The molecule has 0 unspecified atom stereocenters. The van der Waals surface area contributed by atoms with Gasteiger partial charge in [0.25, 0.3) is 0 Å². The highest BCUT2D eigenvalue weighted by Crippen LogP contribution is 2.26. The monoisotopic (exact) mass is 357 g/mol. The Balaban J connectivity index is 1.93. The predicted molar refractivity (Wildman–Crippen MR) is 99.4 cm³/mol. The number of amides is 1. The van der Waals surface area contributed by atoms with Gasteiger partial charge in [-0.25, -0.2) is 0 Å². The largest absolute Gasteiger partial charge is 0.494 e. The van der Waals surface area contributed by atoms with Crippen LogP contribution in [0.4, 0.5) is 5.69 Å². The van der Waals surface area contributed by atoms with Crippen molar-refractivity contribution in [1.29, 1.82) is 0 Å². The van der Waals surface area contributed by atoms with Crippen molar-refractivity contribution in [3.05, 3.63) is 48.0 Å². The second-order valence-corrected chi connectivity index (χ2v) is 5.55. The van der Waals surface area contributed by atoms with Gasteiger partial charge in [0.2, 0.25) is 5.91 Å². The lowest BCUT2D eigenvalue weighted by Crippen LogP contribution is -2.12. The average molecular weight is 357 g/mol. The summed E-state index contributed by atoms with van der Waals surface area (Å²) in [4.78, 5) is 22.8. The van der Waals surface area contributed by atoms with Crippen LogP contribution in [-0.2, 0) is 4.79 Å². The van der Waals surface area contributed by atoms with E-state index in [1.807, 2.05) is 31.2 Å². The lowest BCUT2D eigenvalue weighted by Gasteiger charge is -2.13. The molecule has 0 heterocycles. The van der Waals surface area contributed by atoms with E-state index in [0.717, 1.165) is 5.75 Å². The summed E-state index contributed by atoms with van der Waals surface area (Å²) in [5, 5.41) is 2.69. The van der Waals surface area contributed by atoms with E-state index >= 15 is 0 Å². The number of nitrogens with one attached hydrogen (secondary N) is 1. The lowest BCUT2D eigenvalue weighted by atomic mass is 10.1. The highest BCUT2D eigenvalue weighted by molar-refractivity contribution is 5.96. The molecular weight excluding hydrogens is 334 g/mol. The fraction of sp³-hybridized carbons (Fsp3) is 0.300. The van der Waals surface area contributed by atoms with Crippen molar-refractivity contribution in [2.24, 2.45) is 0 Å². The van der Waals surface area contributed by atoms with Gasteiger partial charge in [-0.2, -0.15) is 0 Å². The van der Waals surface area contributed by atoms with Crippen molar-refractivity contribution in [2.75, 3.05) is 25.1 Å². The lowest BCUT2D eigenvalue weighted by molar-refractivity contribution is -0.114. The maximum absolute atomic E-state index is 11.5. The van der Waals surface area contributed by atoms with E-state index in [1.54, 1.807) is 18.2 Å². The van der Waals surface area contributed by atoms with Gasteiger partial charge in [-0.1, -0.05) is 0 Å². The number of ether oxygens (including phenoxy) is 3. The van der Waals surface area contributed by atoms with E-state index in [-0.39, 0.29) is 18.3 Å². The molecule has 6 nitrogen and oxygen atoms in total. The molecule has 6 heteroatoms. The molecule has 0 aliphatic carbocycles. The average Bonchev–Trinajstić information content (AvgIpc) is 2.61. The van der Waals surface area contributed by atoms with Crippen molar-refractivity contribution >= 4 is 17.4 Å². The summed E-state index contributed by atoms with van der Waals surface area (Å²) < 4.78 is 16.7. The minimum absolute atomic E-state index is 0.0742. The van der Waals surface area contributed by atoms with Crippen LogP contribution in [-0.4, -0.2) is 31.5 Å². The number of Topliss-reactive ketones (excluding diaryl/α,β-unsaturated/α-hetero) is 1. The Labute approximate surface area is 153 Å². The third kappa shape index (κ3) is 5.81. The topological polar surface area (TPSA) is 73.9 Å². The van der Waals surface area contributed by atoms with Gasteiger partial charge < -0.3 is 19.5 Å². The van der Waals surface area contributed by atoms with Crippen molar-refractivity contribution in [2.45, 2.75) is 20.8 Å². The molecule has 0 saturated carbocycles. The van der Waals surface area contributed by atoms with Crippen LogP contribution in [0.3, 0.4) is 0 Å². The molecule has 0 bridgehead atoms. The summed E-state index contributed by atoms with van der Waals surface area (Å²) in [6.45, 7) is 6.02. The number of carbonyl (C=O) groups is 2. The Morgan fingerprint density at radius 1 is 0.885 bits per heavy atom. The highest BCUT2D eigenvalue weighted by Gasteiger charge is 2.09. The molecule has 0 aliphatic rings. The second-order valence-electron chi connectivity index (χ2n) is 5.55. The standard InChI is InChI=1S/C20H23NO5/c1-4-24-17-6-8-18(9-7-17)25-11-12-26-20-13-16(14(2)22)5-10-19(20)21-15(3)23/h5-10,13H,4,11-12H2,1-3H3,(H,21,23). The number of benzene rings is 2. The Bertz CT molecular complexity index is 755. The molecule has 0 saturated heterocycles. The van der Waals surface area contributed by atoms with Gasteiger partial charge in [0, 0.05) is 12.5 Å². The molecule has 2 aromatic rings. The normalized spacial score (nSPS) is 10.1. The molecule has 0 spiro atoms. The molecular formula is C20H23NO5. The molecule has 0 aromatic heterocycles. The SMILES string of the molecule is CCOc1ccc(OCCOc2cc(C(C)=O)ccc2NC(C)=O)cc1. The van der Waals surface area contributed by atoms with Crippen LogP contribution in [0.1, 0.15) is 31.1 Å². The minimum Gasteiger partial charge on any atom is -0.494 e. The summed E-state index contributed by atoms with van der Waals surface area (Å²) in [7, 11) is 0. The first-order valence-electron chi connectivity index (χ1n) is 8.40. The molecule has 26 heavy (non-hydrogen) atoms. The highest BCUT2D eigenvalue weighted by atomic mass is 16.5. The van der Waals surface area contributed by atoms with E-state index in [9.17, 15) is 9.59 Å². The number of hydrogen-bond acceptors (Lipinski definition) is 5. The number of ketones is 1. The van der Waals surface area contributed by atoms with E-state index in [4.69, 9.17) is 14.2 Å². The van der Waals surface area contributed by atoms with E-state index in [0.29, 0.717) is 36.0 Å². The number of anilines is 1. The number of rotatable bonds is 9. The van der Waals surface area contributed by atoms with Crippen molar-refractivity contribution in [3.63, 3.8) is 0 Å². The van der Waals surface area contributed by atoms with Crippen LogP contribution in [0.2, 0.25) is 0 Å². The van der Waals surface area contributed by atoms with Crippen LogP contribution >= 0.6 is 0 Å². The molecule has 1 amide bonds. The van der Waals surface area contributed by atoms with Crippen molar-refractivity contribution in [3.8, 4) is 17.2 Å². The van der Waals surface area contributed by atoms with Gasteiger partial charge in [-0.05, 0) is 56.3 Å². The quantitative estimate of drug-likeness (QED) is 0.547. The predicted octanol–water partition coefficient (Wildman–Crippen LogP) is 3.70. The third-order valence-electron chi connectivity index (χ3n) is 3.44. The van der Waals surface area contributed by atoms with Crippen LogP contribution < -0.4 is 19.5 Å². The summed E-state index contributed by atoms with van der Waals surface area (Å²) >= 11 is 0. The summed E-state index contributed by atoms with van der Waals surface area (Å²) in [6, 6.07) is 12.2. The van der Waals surface area contributed by atoms with Gasteiger partial charge in [-0.3, -0.25) is 9.59 Å². The number of carbonyl (C=O) groups excluding carboxylic acids is 2. The molecule has 0 radical (unpaired) electrons. The zero-order chi connectivity index (χ0) is 18.9. The Kier molecular flexibility index (Phi) is 7.02. The fourth-order valence-corrected chi connectivity index (χ4v) is 2.26. The molecule has 2 rings (SSSR count). The third-order valence-corrected chi connectivity index (χ3v) is 3.44. The van der Waals surface area contributed by atoms with Gasteiger partial charge in [-0.15, -0.1) is 0 Å². The molecule has 138 valence electrons. The summed E-state index contributed by atoms with van der Waals surface area (Å²) in [6.07, 6.45) is 0. The van der Waals surface area contributed by atoms with E-state index < -0.39 is 0 Å². The summed E-state index contributed by atoms with van der Waals surface area (Å²) in [5.74, 6) is 1.64. The molecule has 0 fully saturated rings. The Morgan fingerprint density at radius 3 is 2.08 bits per heavy atom. The van der Waals surface area contributed by atoms with Gasteiger partial charge >= 0.3 is 0 Å². The first kappa shape index (κ1) is 19.3. The van der Waals surface area contributed by atoms with Crippen molar-refractivity contribution < 1.29 is 23.8 Å². The van der Waals surface area contributed by atoms with E-state index in [1.165, 1.54) is 13.8 Å². The first-order chi connectivity index (χ1) is 12.5. The minimum atomic E-state index is -0.212. The molecule has 2 aromatic carbocycles. The number of hydrogen-bond donors (Lipinski definition) is 1. The zero-order valence-corrected chi connectivity index (χ0v) is 15.2. The van der Waals surface area contributed by atoms with Crippen LogP contribution in [0.5, 0.6) is 17.2 Å². The van der Waals surface area contributed by atoms with Crippen LogP contribution in [0.15, 0.2) is 42.5 Å². The van der Waals surface area contributed by atoms with Gasteiger partial charge in [0.1, 0.15) is 30.5 Å². The second kappa shape index (κ2) is 9.46. The fourth-order valence-electron chi connectivity index (χ4n) is 2.26. The van der Waals surface area contributed by atoms with Crippen molar-refractivity contribution in [1.82, 2.24) is 0 Å². The zero-order valence-electron chi connectivity index (χ0n) is 15.2. The Morgan fingerprint density at radius 2 is 1.50 bits per heavy atom.